The molecule has 2 rings (SSSR count). The smallest absolute Gasteiger partial charge is 0.269 e. The molecule has 1 aromatic heterocycles. The lowest BCUT2D eigenvalue weighted by Crippen LogP contribution is -2.12. The fourth-order valence-corrected chi connectivity index (χ4v) is 2.57. The Morgan fingerprint density at radius 1 is 1.56 bits per heavy atom. The molecule has 0 aliphatic heterocycles. The Morgan fingerprint density at radius 3 is 3.00 bits per heavy atom. The number of hydrogen-bond acceptors (Lipinski definition) is 5. The first-order chi connectivity index (χ1) is 8.61. The van der Waals surface area contributed by atoms with Crippen molar-refractivity contribution in [3.63, 3.8) is 0 Å². The molecule has 5 nitrogen and oxygen atoms in total. The van der Waals surface area contributed by atoms with Crippen LogP contribution in [0.1, 0.15) is 22.3 Å². The van der Waals surface area contributed by atoms with E-state index in [0.717, 1.165) is 16.0 Å². The van der Waals surface area contributed by atoms with Crippen LogP contribution < -0.4 is 11.1 Å². The van der Waals surface area contributed by atoms with E-state index >= 15 is 0 Å². The van der Waals surface area contributed by atoms with Crippen LogP contribution in [0.3, 0.4) is 0 Å². The topological polar surface area (TPSA) is 80.9 Å². The van der Waals surface area contributed by atoms with E-state index in [4.69, 9.17) is 5.73 Å². The molecule has 2 aromatic rings. The number of benzene rings is 1. The van der Waals surface area contributed by atoms with Crippen LogP contribution in [0.25, 0.3) is 0 Å². The van der Waals surface area contributed by atoms with Crippen LogP contribution in [0, 0.1) is 0 Å². The number of nitrogens with one attached hydrogen (secondary N) is 1. The van der Waals surface area contributed by atoms with Crippen molar-refractivity contribution in [1.29, 1.82) is 0 Å². The normalized spacial score (nSPS) is 10.3. The third kappa shape index (κ3) is 2.68. The number of nitrogens with zero attached hydrogens (tertiary/aromatic N) is 2. The number of hydrogen-bond donors (Lipinski definition) is 2. The van der Waals surface area contributed by atoms with E-state index in [-0.39, 0.29) is 5.91 Å². The van der Waals surface area contributed by atoms with Gasteiger partial charge < -0.3 is 11.1 Å². The zero-order valence-electron chi connectivity index (χ0n) is 9.61. The van der Waals surface area contributed by atoms with E-state index in [1.54, 1.807) is 18.2 Å². The molecular formula is C11H11BrN4OS. The molecule has 0 aliphatic rings. The summed E-state index contributed by atoms with van der Waals surface area (Å²) in [7, 11) is 0. The number of rotatable bonds is 3. The summed E-state index contributed by atoms with van der Waals surface area (Å²) in [4.78, 5) is 12.6. The molecule has 7 heteroatoms. The van der Waals surface area contributed by atoms with Gasteiger partial charge in [-0.05, 0) is 52.1 Å². The summed E-state index contributed by atoms with van der Waals surface area (Å²) in [6.45, 7) is 1.94. The third-order valence-electron chi connectivity index (χ3n) is 2.34. The minimum absolute atomic E-state index is 0.202. The first-order valence-corrected chi connectivity index (χ1v) is 6.86. The molecule has 0 bridgehead atoms. The Labute approximate surface area is 117 Å². The second kappa shape index (κ2) is 5.45. The maximum Gasteiger partial charge on any atom is 0.269 e. The van der Waals surface area contributed by atoms with Gasteiger partial charge in [0.1, 0.15) is 4.88 Å². The summed E-state index contributed by atoms with van der Waals surface area (Å²) < 4.78 is 4.53. The van der Waals surface area contributed by atoms with Crippen LogP contribution in [0.2, 0.25) is 0 Å². The van der Waals surface area contributed by atoms with Crippen LogP contribution in [0.4, 0.5) is 11.4 Å². The number of nitrogen functional groups attached to an aromatic ring is 1. The molecule has 0 aliphatic carbocycles. The monoisotopic (exact) mass is 326 g/mol. The number of carbonyl (C=O) groups excluding carboxylic acids is 1. The molecule has 18 heavy (non-hydrogen) atoms. The maximum absolute atomic E-state index is 12.1. The zero-order chi connectivity index (χ0) is 13.1. The van der Waals surface area contributed by atoms with Gasteiger partial charge in [-0.25, -0.2) is 0 Å². The first kappa shape index (κ1) is 13.0. The number of carbonyl (C=O) groups is 1. The average Bonchev–Trinajstić information content (AvgIpc) is 2.81. The van der Waals surface area contributed by atoms with Gasteiger partial charge in [0, 0.05) is 10.2 Å². The fourth-order valence-electron chi connectivity index (χ4n) is 1.42. The number of aryl methyl sites for hydroxylation is 1. The molecular weight excluding hydrogens is 316 g/mol. The number of anilines is 2. The summed E-state index contributed by atoms with van der Waals surface area (Å²) in [6.07, 6.45) is 0.683. The Kier molecular flexibility index (Phi) is 3.93. The predicted octanol–water partition coefficient (Wildman–Crippen LogP) is 2.70. The average molecular weight is 327 g/mol. The maximum atomic E-state index is 12.1. The summed E-state index contributed by atoms with van der Waals surface area (Å²) in [5.41, 5.74) is 7.65. The van der Waals surface area contributed by atoms with Gasteiger partial charge in [0.25, 0.3) is 5.91 Å². The molecule has 0 unspecified atom stereocenters. The molecule has 0 spiro atoms. The summed E-state index contributed by atoms with van der Waals surface area (Å²) in [5.74, 6) is -0.202. The van der Waals surface area contributed by atoms with E-state index < -0.39 is 0 Å². The second-order valence-electron chi connectivity index (χ2n) is 3.60. The number of nitrogens with two attached hydrogens (primary N) is 1. The minimum atomic E-state index is -0.202. The molecule has 1 aromatic carbocycles. The highest BCUT2D eigenvalue weighted by Crippen LogP contribution is 2.25. The Bertz CT molecular complexity index is 584. The molecule has 1 amide bonds. The van der Waals surface area contributed by atoms with Gasteiger partial charge in [-0.2, -0.15) is 0 Å². The van der Waals surface area contributed by atoms with Crippen molar-refractivity contribution in [2.24, 2.45) is 0 Å². The lowest BCUT2D eigenvalue weighted by atomic mass is 10.2. The first-order valence-electron chi connectivity index (χ1n) is 5.29. The second-order valence-corrected chi connectivity index (χ2v) is 5.20. The Morgan fingerprint density at radius 2 is 2.33 bits per heavy atom. The van der Waals surface area contributed by atoms with Crippen molar-refractivity contribution in [1.82, 2.24) is 9.59 Å². The molecule has 94 valence electrons. The Balaban J connectivity index is 2.21. The summed E-state index contributed by atoms with van der Waals surface area (Å²) >= 11 is 4.45. The van der Waals surface area contributed by atoms with Crippen molar-refractivity contribution in [2.45, 2.75) is 13.3 Å². The van der Waals surface area contributed by atoms with E-state index in [1.165, 1.54) is 0 Å². The minimum Gasteiger partial charge on any atom is -0.399 e. The van der Waals surface area contributed by atoms with Crippen LogP contribution in [-0.4, -0.2) is 15.5 Å². The SMILES string of the molecule is CCc1nnsc1C(=O)Nc1ccc(N)cc1Br. The van der Waals surface area contributed by atoms with Gasteiger partial charge in [-0.3, -0.25) is 4.79 Å². The molecule has 3 N–H and O–H groups in total. The quantitative estimate of drug-likeness (QED) is 0.850. The van der Waals surface area contributed by atoms with Crippen LogP contribution >= 0.6 is 27.5 Å². The van der Waals surface area contributed by atoms with Gasteiger partial charge in [-0.15, -0.1) is 5.10 Å². The zero-order valence-corrected chi connectivity index (χ0v) is 12.0. The molecule has 0 saturated heterocycles. The highest BCUT2D eigenvalue weighted by atomic mass is 79.9. The summed E-state index contributed by atoms with van der Waals surface area (Å²) in [5, 5.41) is 6.71. The lowest BCUT2D eigenvalue weighted by Gasteiger charge is -2.07. The standard InChI is InChI=1S/C11H11BrN4OS/c1-2-8-10(18-16-15-8)11(17)14-9-4-3-6(13)5-7(9)12/h3-5H,2,13H2,1H3,(H,14,17). The fraction of sp³-hybridized carbons (Fsp3) is 0.182. The van der Waals surface area contributed by atoms with Crippen LogP contribution in [0.5, 0.6) is 0 Å². The number of halogens is 1. The molecule has 1 heterocycles. The van der Waals surface area contributed by atoms with E-state index in [0.29, 0.717) is 28.4 Å². The third-order valence-corrected chi connectivity index (χ3v) is 3.76. The Hall–Kier alpha value is -1.47. The predicted molar refractivity (Wildman–Crippen MR) is 75.8 cm³/mol. The largest absolute Gasteiger partial charge is 0.399 e. The highest BCUT2D eigenvalue weighted by Gasteiger charge is 2.15. The number of aromatic nitrogens is 2. The molecule has 0 radical (unpaired) electrons. The van der Waals surface area contributed by atoms with Gasteiger partial charge in [-0.1, -0.05) is 11.4 Å². The molecule has 0 fully saturated rings. The molecule has 0 atom stereocenters. The van der Waals surface area contributed by atoms with E-state index in [9.17, 15) is 4.79 Å². The van der Waals surface area contributed by atoms with Gasteiger partial charge in [0.2, 0.25) is 0 Å². The van der Waals surface area contributed by atoms with Crippen LogP contribution in [-0.2, 0) is 6.42 Å². The highest BCUT2D eigenvalue weighted by molar-refractivity contribution is 9.10. The van der Waals surface area contributed by atoms with Crippen molar-refractivity contribution in [3.8, 4) is 0 Å². The van der Waals surface area contributed by atoms with Gasteiger partial charge in [0.15, 0.2) is 0 Å². The van der Waals surface area contributed by atoms with E-state index in [2.05, 4.69) is 30.8 Å². The van der Waals surface area contributed by atoms with Gasteiger partial charge in [0.05, 0.1) is 11.4 Å². The lowest BCUT2D eigenvalue weighted by molar-refractivity contribution is 0.102. The van der Waals surface area contributed by atoms with E-state index in [1.807, 2.05) is 6.92 Å². The van der Waals surface area contributed by atoms with Crippen molar-refractivity contribution in [3.05, 3.63) is 33.2 Å². The molecule has 0 saturated carbocycles. The summed E-state index contributed by atoms with van der Waals surface area (Å²) in [6, 6.07) is 5.21. The van der Waals surface area contributed by atoms with Crippen molar-refractivity contribution < 1.29 is 4.79 Å². The van der Waals surface area contributed by atoms with Gasteiger partial charge >= 0.3 is 0 Å². The van der Waals surface area contributed by atoms with Crippen molar-refractivity contribution >= 4 is 44.7 Å². The number of amides is 1. The van der Waals surface area contributed by atoms with Crippen molar-refractivity contribution in [2.75, 3.05) is 11.1 Å². The van der Waals surface area contributed by atoms with Crippen LogP contribution in [0.15, 0.2) is 22.7 Å².